The van der Waals surface area contributed by atoms with E-state index in [9.17, 15) is 4.79 Å². The number of nitrogens with zero attached hydrogens (tertiary/aromatic N) is 4. The number of carbonyl (C=O) groups excluding carboxylic acids is 1. The first kappa shape index (κ1) is 15.0. The minimum atomic E-state index is 0.0288. The Bertz CT molecular complexity index is 579. The van der Waals surface area contributed by atoms with Crippen LogP contribution >= 0.6 is 15.9 Å². The van der Waals surface area contributed by atoms with Gasteiger partial charge in [-0.2, -0.15) is 5.10 Å². The van der Waals surface area contributed by atoms with Crippen molar-refractivity contribution in [3.05, 3.63) is 30.4 Å². The molecule has 1 amide bonds. The zero-order valence-corrected chi connectivity index (χ0v) is 13.4. The Kier molecular flexibility index (Phi) is 5.11. The molecule has 5 nitrogen and oxygen atoms in total. The molecule has 0 aromatic carbocycles. The number of rotatable bonds is 6. The van der Waals surface area contributed by atoms with Gasteiger partial charge in [-0.3, -0.25) is 9.78 Å². The van der Waals surface area contributed by atoms with Gasteiger partial charge in [-0.1, -0.05) is 29.8 Å². The van der Waals surface area contributed by atoms with Crippen molar-refractivity contribution in [3.8, 4) is 0 Å². The van der Waals surface area contributed by atoms with Crippen molar-refractivity contribution < 1.29 is 4.79 Å². The fraction of sp³-hybridized carbons (Fsp3) is 0.500. The second-order valence-electron chi connectivity index (χ2n) is 4.62. The summed E-state index contributed by atoms with van der Waals surface area (Å²) in [4.78, 5) is 18.8. The van der Waals surface area contributed by atoms with E-state index in [2.05, 4.69) is 39.9 Å². The number of hydrogen-bond acceptors (Lipinski definition) is 3. The molecule has 0 radical (unpaired) electrons. The van der Waals surface area contributed by atoms with E-state index >= 15 is 0 Å². The van der Waals surface area contributed by atoms with Crippen LogP contribution in [0.2, 0.25) is 0 Å². The molecule has 0 saturated carbocycles. The SMILES string of the molecule is CCC(CC)N(CCBr)C(=O)c1cnn2ccncc12. The van der Waals surface area contributed by atoms with Gasteiger partial charge in [0.05, 0.1) is 23.5 Å². The lowest BCUT2D eigenvalue weighted by Crippen LogP contribution is -2.41. The van der Waals surface area contributed by atoms with Crippen molar-refractivity contribution in [2.75, 3.05) is 11.9 Å². The molecule has 108 valence electrons. The smallest absolute Gasteiger partial charge is 0.258 e. The van der Waals surface area contributed by atoms with Crippen LogP contribution in [-0.2, 0) is 0 Å². The van der Waals surface area contributed by atoms with Crippen LogP contribution in [0.5, 0.6) is 0 Å². The number of halogens is 1. The number of alkyl halides is 1. The molecule has 0 aliphatic carbocycles. The molecular formula is C14H19BrN4O. The molecule has 0 aliphatic rings. The molecule has 2 aromatic rings. The normalized spacial score (nSPS) is 11.2. The molecule has 0 spiro atoms. The van der Waals surface area contributed by atoms with Gasteiger partial charge in [-0.15, -0.1) is 0 Å². The third-order valence-corrected chi connectivity index (χ3v) is 3.88. The van der Waals surface area contributed by atoms with E-state index in [4.69, 9.17) is 0 Å². The third kappa shape index (κ3) is 2.85. The van der Waals surface area contributed by atoms with Crippen LogP contribution in [0.15, 0.2) is 24.8 Å². The molecule has 20 heavy (non-hydrogen) atoms. The second-order valence-corrected chi connectivity index (χ2v) is 5.42. The minimum Gasteiger partial charge on any atom is -0.335 e. The number of aromatic nitrogens is 3. The summed E-state index contributed by atoms with van der Waals surface area (Å²) in [5.41, 5.74) is 1.37. The van der Waals surface area contributed by atoms with E-state index < -0.39 is 0 Å². The topological polar surface area (TPSA) is 50.5 Å². The summed E-state index contributed by atoms with van der Waals surface area (Å²) >= 11 is 3.43. The lowest BCUT2D eigenvalue weighted by Gasteiger charge is -2.29. The number of amides is 1. The maximum absolute atomic E-state index is 12.8. The molecular weight excluding hydrogens is 320 g/mol. The summed E-state index contributed by atoms with van der Waals surface area (Å²) in [6, 6.07) is 0.256. The van der Waals surface area contributed by atoms with Crippen LogP contribution in [0.4, 0.5) is 0 Å². The second kappa shape index (κ2) is 6.83. The molecule has 2 rings (SSSR count). The highest BCUT2D eigenvalue weighted by Crippen LogP contribution is 2.17. The summed E-state index contributed by atoms with van der Waals surface area (Å²) in [5, 5.41) is 4.98. The first-order valence-electron chi connectivity index (χ1n) is 6.87. The molecule has 0 unspecified atom stereocenters. The Morgan fingerprint density at radius 1 is 1.40 bits per heavy atom. The third-order valence-electron chi connectivity index (χ3n) is 3.52. The van der Waals surface area contributed by atoms with Crippen molar-refractivity contribution >= 4 is 27.4 Å². The Morgan fingerprint density at radius 2 is 2.15 bits per heavy atom. The van der Waals surface area contributed by atoms with Gasteiger partial charge in [0, 0.05) is 30.3 Å². The van der Waals surface area contributed by atoms with Crippen molar-refractivity contribution in [2.24, 2.45) is 0 Å². The summed E-state index contributed by atoms with van der Waals surface area (Å²) in [5.74, 6) is 0.0288. The fourth-order valence-corrected chi connectivity index (χ4v) is 2.81. The highest BCUT2D eigenvalue weighted by atomic mass is 79.9. The van der Waals surface area contributed by atoms with E-state index in [1.165, 1.54) is 0 Å². The molecule has 0 bridgehead atoms. The van der Waals surface area contributed by atoms with Gasteiger partial charge in [0.1, 0.15) is 0 Å². The highest BCUT2D eigenvalue weighted by molar-refractivity contribution is 9.09. The first-order chi connectivity index (χ1) is 9.72. The van der Waals surface area contributed by atoms with Crippen LogP contribution in [0.25, 0.3) is 5.52 Å². The zero-order valence-electron chi connectivity index (χ0n) is 11.8. The first-order valence-corrected chi connectivity index (χ1v) is 7.99. The van der Waals surface area contributed by atoms with Gasteiger partial charge in [0.15, 0.2) is 0 Å². The van der Waals surface area contributed by atoms with E-state index in [0.717, 1.165) is 23.7 Å². The molecule has 2 heterocycles. The van der Waals surface area contributed by atoms with E-state index in [1.54, 1.807) is 29.3 Å². The Morgan fingerprint density at radius 3 is 2.80 bits per heavy atom. The lowest BCUT2D eigenvalue weighted by atomic mass is 10.1. The summed E-state index contributed by atoms with van der Waals surface area (Å²) < 4.78 is 1.68. The lowest BCUT2D eigenvalue weighted by molar-refractivity contribution is 0.0685. The van der Waals surface area contributed by atoms with Crippen LogP contribution in [0.1, 0.15) is 37.0 Å². The van der Waals surface area contributed by atoms with Crippen LogP contribution < -0.4 is 0 Å². The van der Waals surface area contributed by atoms with Crippen molar-refractivity contribution in [1.82, 2.24) is 19.5 Å². The molecule has 0 aliphatic heterocycles. The Hall–Kier alpha value is -1.43. The van der Waals surface area contributed by atoms with Crippen molar-refractivity contribution in [3.63, 3.8) is 0 Å². The van der Waals surface area contributed by atoms with E-state index in [1.807, 2.05) is 4.90 Å². The maximum atomic E-state index is 12.8. The minimum absolute atomic E-state index is 0.0288. The van der Waals surface area contributed by atoms with Gasteiger partial charge in [-0.05, 0) is 12.8 Å². The molecule has 0 atom stereocenters. The standard InChI is InChI=1S/C14H19BrN4O/c1-3-11(4-2)18(7-5-15)14(20)12-9-17-19-8-6-16-10-13(12)19/h6,8-11H,3-5,7H2,1-2H3. The summed E-state index contributed by atoms with van der Waals surface area (Å²) in [6.07, 6.45) is 8.62. The molecule has 0 fully saturated rings. The Labute approximate surface area is 127 Å². The highest BCUT2D eigenvalue weighted by Gasteiger charge is 2.24. The number of fused-ring (bicyclic) bond motifs is 1. The van der Waals surface area contributed by atoms with Gasteiger partial charge in [-0.25, -0.2) is 4.52 Å². The largest absolute Gasteiger partial charge is 0.335 e. The van der Waals surface area contributed by atoms with Crippen molar-refractivity contribution in [2.45, 2.75) is 32.7 Å². The maximum Gasteiger partial charge on any atom is 0.258 e. The average molecular weight is 339 g/mol. The van der Waals surface area contributed by atoms with Crippen LogP contribution in [0.3, 0.4) is 0 Å². The van der Waals surface area contributed by atoms with Crippen LogP contribution in [-0.4, -0.2) is 43.3 Å². The van der Waals surface area contributed by atoms with Crippen molar-refractivity contribution in [1.29, 1.82) is 0 Å². The molecule has 0 saturated heterocycles. The van der Waals surface area contributed by atoms with Gasteiger partial charge < -0.3 is 4.90 Å². The van der Waals surface area contributed by atoms with Gasteiger partial charge in [0.2, 0.25) is 0 Å². The zero-order chi connectivity index (χ0) is 14.5. The van der Waals surface area contributed by atoms with Gasteiger partial charge >= 0.3 is 0 Å². The number of carbonyl (C=O) groups is 1. The summed E-state index contributed by atoms with van der Waals surface area (Å²) in [7, 11) is 0. The predicted octanol–water partition coefficient (Wildman–Crippen LogP) is 2.76. The molecule has 6 heteroatoms. The molecule has 0 N–H and O–H groups in total. The van der Waals surface area contributed by atoms with E-state index in [0.29, 0.717) is 12.1 Å². The van der Waals surface area contributed by atoms with Crippen LogP contribution in [0, 0.1) is 0 Å². The Balaban J connectivity index is 2.36. The predicted molar refractivity (Wildman–Crippen MR) is 82.2 cm³/mol. The summed E-state index contributed by atoms with van der Waals surface area (Å²) in [6.45, 7) is 4.92. The number of hydrogen-bond donors (Lipinski definition) is 0. The molecule has 2 aromatic heterocycles. The average Bonchev–Trinajstić information content (AvgIpc) is 2.91. The monoisotopic (exact) mass is 338 g/mol. The van der Waals surface area contributed by atoms with E-state index in [-0.39, 0.29) is 11.9 Å². The van der Waals surface area contributed by atoms with Gasteiger partial charge in [0.25, 0.3) is 5.91 Å². The fourth-order valence-electron chi connectivity index (χ4n) is 2.42. The quantitative estimate of drug-likeness (QED) is 0.761.